The number of rotatable bonds is 2. The molecule has 0 spiro atoms. The first kappa shape index (κ1) is 10.2. The van der Waals surface area contributed by atoms with E-state index in [0.717, 1.165) is 5.39 Å². The number of ether oxygens (including phenoxy) is 1. The fourth-order valence-electron chi connectivity index (χ4n) is 1.44. The maximum atomic E-state index is 10.7. The topological polar surface area (TPSA) is 79.4 Å². The summed E-state index contributed by atoms with van der Waals surface area (Å²) in [7, 11) is 0. The van der Waals surface area contributed by atoms with E-state index in [1.165, 1.54) is 19.1 Å². The molecule has 0 fully saturated rings. The third kappa shape index (κ3) is 1.88. The fourth-order valence-corrected chi connectivity index (χ4v) is 1.44. The molecule has 1 heterocycles. The van der Waals surface area contributed by atoms with Crippen LogP contribution >= 0.6 is 0 Å². The van der Waals surface area contributed by atoms with Crippen molar-refractivity contribution in [1.29, 1.82) is 0 Å². The van der Waals surface area contributed by atoms with Gasteiger partial charge in [0, 0.05) is 23.9 Å². The lowest BCUT2D eigenvalue weighted by Crippen LogP contribution is -2.00. The highest BCUT2D eigenvalue weighted by molar-refractivity contribution is 5.93. The minimum absolute atomic E-state index is 0.184. The van der Waals surface area contributed by atoms with E-state index >= 15 is 0 Å². The number of fused-ring (bicyclic) bond motifs is 1. The van der Waals surface area contributed by atoms with Gasteiger partial charge in [-0.2, -0.15) is 0 Å². The van der Waals surface area contributed by atoms with Gasteiger partial charge < -0.3 is 14.8 Å². The normalized spacial score (nSPS) is 10.3. The number of carboxylic acid groups (broad SMARTS) is 1. The Labute approximate surface area is 90.6 Å². The summed E-state index contributed by atoms with van der Waals surface area (Å²) in [5.74, 6) is -1.11. The summed E-state index contributed by atoms with van der Waals surface area (Å²) in [4.78, 5) is 24.3. The van der Waals surface area contributed by atoms with Crippen molar-refractivity contribution in [2.45, 2.75) is 6.92 Å². The van der Waals surface area contributed by atoms with Crippen LogP contribution in [0.2, 0.25) is 0 Å². The van der Waals surface area contributed by atoms with Gasteiger partial charge in [-0.05, 0) is 12.1 Å². The number of H-pyrrole nitrogens is 1. The van der Waals surface area contributed by atoms with E-state index in [2.05, 4.69) is 4.98 Å². The van der Waals surface area contributed by atoms with Crippen LogP contribution in [0.1, 0.15) is 17.3 Å². The average molecular weight is 219 g/mol. The van der Waals surface area contributed by atoms with Gasteiger partial charge in [0.15, 0.2) is 0 Å². The second-order valence-corrected chi connectivity index (χ2v) is 3.33. The molecule has 16 heavy (non-hydrogen) atoms. The van der Waals surface area contributed by atoms with Gasteiger partial charge in [-0.1, -0.05) is 6.07 Å². The Bertz CT molecular complexity index is 570. The first-order valence-electron chi connectivity index (χ1n) is 4.61. The van der Waals surface area contributed by atoms with E-state index in [0.29, 0.717) is 11.4 Å². The van der Waals surface area contributed by atoms with Crippen molar-refractivity contribution in [2.24, 2.45) is 0 Å². The molecule has 1 aromatic heterocycles. The number of hydrogen-bond acceptors (Lipinski definition) is 3. The molecule has 5 nitrogen and oxygen atoms in total. The third-order valence-corrected chi connectivity index (χ3v) is 2.10. The lowest BCUT2D eigenvalue weighted by atomic mass is 10.2. The maximum Gasteiger partial charge on any atom is 0.335 e. The SMILES string of the molecule is CC(=O)Oc1cc2ccc(C(=O)O)cc2[nH]1. The number of aromatic carboxylic acids is 1. The number of hydrogen-bond donors (Lipinski definition) is 2. The minimum atomic E-state index is -0.995. The molecule has 0 unspecified atom stereocenters. The van der Waals surface area contributed by atoms with Crippen molar-refractivity contribution in [1.82, 2.24) is 4.98 Å². The molecule has 0 saturated carbocycles. The third-order valence-electron chi connectivity index (χ3n) is 2.10. The molecule has 2 N–H and O–H groups in total. The largest absolute Gasteiger partial charge is 0.478 e. The van der Waals surface area contributed by atoms with Gasteiger partial charge in [-0.25, -0.2) is 4.79 Å². The molecule has 5 heteroatoms. The van der Waals surface area contributed by atoms with Crippen LogP contribution in [0, 0.1) is 0 Å². The van der Waals surface area contributed by atoms with Crippen molar-refractivity contribution >= 4 is 22.8 Å². The van der Waals surface area contributed by atoms with Crippen molar-refractivity contribution in [3.63, 3.8) is 0 Å². The van der Waals surface area contributed by atoms with Crippen LogP contribution in [0.15, 0.2) is 24.3 Å². The molecule has 0 aliphatic heterocycles. The second-order valence-electron chi connectivity index (χ2n) is 3.33. The highest BCUT2D eigenvalue weighted by atomic mass is 16.5. The number of carbonyl (C=O) groups excluding carboxylic acids is 1. The first-order chi connectivity index (χ1) is 7.56. The van der Waals surface area contributed by atoms with Crippen LogP contribution in [0.3, 0.4) is 0 Å². The summed E-state index contributed by atoms with van der Waals surface area (Å²) in [6.07, 6.45) is 0. The highest BCUT2D eigenvalue weighted by Gasteiger charge is 2.07. The van der Waals surface area contributed by atoms with E-state index in [-0.39, 0.29) is 5.56 Å². The zero-order valence-corrected chi connectivity index (χ0v) is 8.48. The maximum absolute atomic E-state index is 10.7. The Morgan fingerprint density at radius 1 is 1.31 bits per heavy atom. The van der Waals surface area contributed by atoms with Crippen LogP contribution in [0.5, 0.6) is 5.88 Å². The van der Waals surface area contributed by atoms with Gasteiger partial charge in [0.2, 0.25) is 5.88 Å². The van der Waals surface area contributed by atoms with Crippen LogP contribution in [0.4, 0.5) is 0 Å². The summed E-state index contributed by atoms with van der Waals surface area (Å²) < 4.78 is 4.86. The second kappa shape index (κ2) is 3.69. The number of aromatic nitrogens is 1. The standard InChI is InChI=1S/C11H9NO4/c1-6(13)16-10-5-7-2-3-8(11(14)15)4-9(7)12-10/h2-5,12H,1H3,(H,14,15). The van der Waals surface area contributed by atoms with Gasteiger partial charge in [-0.15, -0.1) is 0 Å². The lowest BCUT2D eigenvalue weighted by molar-refractivity contribution is -0.132. The summed E-state index contributed by atoms with van der Waals surface area (Å²) in [6, 6.07) is 6.28. The molecular weight excluding hydrogens is 210 g/mol. The van der Waals surface area contributed by atoms with Gasteiger partial charge in [-0.3, -0.25) is 4.79 Å². The van der Waals surface area contributed by atoms with E-state index in [9.17, 15) is 9.59 Å². The number of carboxylic acids is 1. The summed E-state index contributed by atoms with van der Waals surface area (Å²) in [5.41, 5.74) is 0.805. The van der Waals surface area contributed by atoms with Crippen LogP contribution < -0.4 is 4.74 Å². The Kier molecular flexibility index (Phi) is 2.36. The van der Waals surface area contributed by atoms with Gasteiger partial charge >= 0.3 is 11.9 Å². The number of carbonyl (C=O) groups is 2. The molecule has 0 amide bonds. The minimum Gasteiger partial charge on any atom is -0.478 e. The van der Waals surface area contributed by atoms with Crippen molar-refractivity contribution in [3.8, 4) is 5.88 Å². The number of nitrogens with one attached hydrogen (secondary N) is 1. The van der Waals surface area contributed by atoms with E-state index in [1.807, 2.05) is 0 Å². The Morgan fingerprint density at radius 2 is 2.06 bits per heavy atom. The Balaban J connectivity index is 2.45. The Morgan fingerprint density at radius 3 is 2.69 bits per heavy atom. The zero-order chi connectivity index (χ0) is 11.7. The summed E-state index contributed by atoms with van der Waals surface area (Å²) in [5, 5.41) is 9.59. The van der Waals surface area contributed by atoms with Crippen LogP contribution in [-0.2, 0) is 4.79 Å². The molecule has 0 atom stereocenters. The molecule has 2 aromatic rings. The molecule has 82 valence electrons. The van der Waals surface area contributed by atoms with E-state index < -0.39 is 11.9 Å². The van der Waals surface area contributed by atoms with Gasteiger partial charge in [0.05, 0.1) is 5.56 Å². The molecule has 2 rings (SSSR count). The smallest absolute Gasteiger partial charge is 0.335 e. The average Bonchev–Trinajstić information content (AvgIpc) is 2.56. The lowest BCUT2D eigenvalue weighted by Gasteiger charge is -1.94. The van der Waals surface area contributed by atoms with Crippen LogP contribution in [-0.4, -0.2) is 22.0 Å². The number of esters is 1. The highest BCUT2D eigenvalue weighted by Crippen LogP contribution is 2.21. The van der Waals surface area contributed by atoms with Crippen molar-refractivity contribution in [3.05, 3.63) is 29.8 Å². The van der Waals surface area contributed by atoms with Gasteiger partial charge in [0.1, 0.15) is 0 Å². The molecule has 0 saturated heterocycles. The molecule has 0 radical (unpaired) electrons. The molecule has 0 aliphatic rings. The van der Waals surface area contributed by atoms with E-state index in [4.69, 9.17) is 9.84 Å². The summed E-state index contributed by atoms with van der Waals surface area (Å²) in [6.45, 7) is 1.30. The van der Waals surface area contributed by atoms with Crippen molar-refractivity contribution < 1.29 is 19.4 Å². The predicted molar refractivity (Wildman–Crippen MR) is 56.6 cm³/mol. The van der Waals surface area contributed by atoms with Crippen molar-refractivity contribution in [2.75, 3.05) is 0 Å². The number of benzene rings is 1. The molecule has 1 aromatic carbocycles. The zero-order valence-electron chi connectivity index (χ0n) is 8.48. The predicted octanol–water partition coefficient (Wildman–Crippen LogP) is 1.79. The van der Waals surface area contributed by atoms with Crippen LogP contribution in [0.25, 0.3) is 10.9 Å². The summed E-state index contributed by atoms with van der Waals surface area (Å²) >= 11 is 0. The first-order valence-corrected chi connectivity index (χ1v) is 4.61. The number of aromatic amines is 1. The Hall–Kier alpha value is -2.30. The van der Waals surface area contributed by atoms with Gasteiger partial charge in [0.25, 0.3) is 0 Å². The fraction of sp³-hybridized carbons (Fsp3) is 0.0909. The van der Waals surface area contributed by atoms with E-state index in [1.54, 1.807) is 12.1 Å². The molecular formula is C11H9NO4. The molecule has 0 bridgehead atoms. The monoisotopic (exact) mass is 219 g/mol. The quantitative estimate of drug-likeness (QED) is 0.754. The molecule has 0 aliphatic carbocycles.